The molecule has 0 bridgehead atoms. The van der Waals surface area contributed by atoms with Crippen LogP contribution in [0.5, 0.6) is 0 Å². The standard InChI is InChI=1S/C19H29N5S/c1-19(2,11-15-9-7-6-8-10-15)14-22-17(20-3)21-12-16-13-25-18(23-16)24(4)5/h6-10,13H,11-12,14H2,1-5H3,(H2,20,21,22). The molecule has 2 rings (SSSR count). The van der Waals surface area contributed by atoms with Crippen LogP contribution in [0.25, 0.3) is 0 Å². The molecule has 0 aliphatic heterocycles. The van der Waals surface area contributed by atoms with E-state index in [-0.39, 0.29) is 5.41 Å². The van der Waals surface area contributed by atoms with Crippen molar-refractivity contribution in [2.75, 3.05) is 32.6 Å². The lowest BCUT2D eigenvalue weighted by atomic mass is 9.86. The summed E-state index contributed by atoms with van der Waals surface area (Å²) in [5, 5.41) is 9.87. The minimum Gasteiger partial charge on any atom is -0.356 e. The van der Waals surface area contributed by atoms with E-state index in [0.717, 1.165) is 29.8 Å². The smallest absolute Gasteiger partial charge is 0.191 e. The highest BCUT2D eigenvalue weighted by molar-refractivity contribution is 7.13. The first kappa shape index (κ1) is 19.2. The second kappa shape index (κ2) is 8.85. The van der Waals surface area contributed by atoms with Crippen LogP contribution in [0, 0.1) is 5.41 Å². The van der Waals surface area contributed by atoms with E-state index in [1.807, 2.05) is 19.0 Å². The fourth-order valence-electron chi connectivity index (χ4n) is 2.51. The van der Waals surface area contributed by atoms with Gasteiger partial charge in [0.15, 0.2) is 11.1 Å². The third-order valence-electron chi connectivity index (χ3n) is 3.84. The first-order valence-corrected chi connectivity index (χ1v) is 9.38. The van der Waals surface area contributed by atoms with E-state index < -0.39 is 0 Å². The van der Waals surface area contributed by atoms with Gasteiger partial charge >= 0.3 is 0 Å². The quantitative estimate of drug-likeness (QED) is 0.589. The van der Waals surface area contributed by atoms with Gasteiger partial charge in [-0.05, 0) is 17.4 Å². The van der Waals surface area contributed by atoms with Crippen LogP contribution in [0.2, 0.25) is 0 Å². The maximum atomic E-state index is 4.58. The van der Waals surface area contributed by atoms with Crippen molar-refractivity contribution in [1.29, 1.82) is 0 Å². The van der Waals surface area contributed by atoms with Crippen LogP contribution in [0.15, 0.2) is 40.7 Å². The molecule has 5 nitrogen and oxygen atoms in total. The summed E-state index contributed by atoms with van der Waals surface area (Å²) in [6, 6.07) is 10.6. The molecule has 0 saturated carbocycles. The molecular weight excluding hydrogens is 330 g/mol. The monoisotopic (exact) mass is 359 g/mol. The summed E-state index contributed by atoms with van der Waals surface area (Å²) < 4.78 is 0. The van der Waals surface area contributed by atoms with Gasteiger partial charge in [-0.25, -0.2) is 4.98 Å². The number of anilines is 1. The van der Waals surface area contributed by atoms with Crippen LogP contribution in [0.1, 0.15) is 25.1 Å². The second-order valence-electron chi connectivity index (χ2n) is 7.12. The number of guanidine groups is 1. The highest BCUT2D eigenvalue weighted by Gasteiger charge is 2.19. The molecule has 136 valence electrons. The first-order chi connectivity index (χ1) is 11.9. The Morgan fingerprint density at radius 1 is 1.20 bits per heavy atom. The van der Waals surface area contributed by atoms with Gasteiger partial charge in [0.25, 0.3) is 0 Å². The first-order valence-electron chi connectivity index (χ1n) is 8.50. The predicted octanol–water partition coefficient (Wildman–Crippen LogP) is 3.14. The molecule has 1 aromatic carbocycles. The topological polar surface area (TPSA) is 52.6 Å². The van der Waals surface area contributed by atoms with Crippen molar-refractivity contribution < 1.29 is 0 Å². The average molecular weight is 360 g/mol. The number of hydrogen-bond donors (Lipinski definition) is 2. The molecule has 25 heavy (non-hydrogen) atoms. The van der Waals surface area contributed by atoms with E-state index in [9.17, 15) is 0 Å². The minimum absolute atomic E-state index is 0.137. The van der Waals surface area contributed by atoms with Crippen LogP contribution in [-0.4, -0.2) is 38.6 Å². The Kier molecular flexibility index (Phi) is 6.82. The number of benzene rings is 1. The van der Waals surface area contributed by atoms with Crippen molar-refractivity contribution in [2.24, 2.45) is 10.4 Å². The fraction of sp³-hybridized carbons (Fsp3) is 0.474. The molecule has 0 unspecified atom stereocenters. The summed E-state index contributed by atoms with van der Waals surface area (Å²) in [4.78, 5) is 10.9. The highest BCUT2D eigenvalue weighted by atomic mass is 32.1. The molecule has 0 radical (unpaired) electrons. The van der Waals surface area contributed by atoms with Crippen molar-refractivity contribution in [3.8, 4) is 0 Å². The molecule has 0 saturated heterocycles. The summed E-state index contributed by atoms with van der Waals surface area (Å²) >= 11 is 1.65. The van der Waals surface area contributed by atoms with Gasteiger partial charge in [-0.3, -0.25) is 4.99 Å². The lowest BCUT2D eigenvalue weighted by Gasteiger charge is -2.26. The zero-order chi connectivity index (χ0) is 18.3. The number of aromatic nitrogens is 1. The molecule has 1 aromatic heterocycles. The minimum atomic E-state index is 0.137. The van der Waals surface area contributed by atoms with Crippen molar-refractivity contribution in [1.82, 2.24) is 15.6 Å². The van der Waals surface area contributed by atoms with Crippen LogP contribution in [-0.2, 0) is 13.0 Å². The lowest BCUT2D eigenvalue weighted by Crippen LogP contribution is -2.42. The zero-order valence-electron chi connectivity index (χ0n) is 15.8. The third-order valence-corrected chi connectivity index (χ3v) is 4.90. The van der Waals surface area contributed by atoms with Gasteiger partial charge in [-0.2, -0.15) is 0 Å². The van der Waals surface area contributed by atoms with Gasteiger partial charge in [0.2, 0.25) is 0 Å². The molecule has 0 fully saturated rings. The Balaban J connectivity index is 1.82. The van der Waals surface area contributed by atoms with E-state index in [2.05, 4.69) is 70.2 Å². The molecule has 1 heterocycles. The van der Waals surface area contributed by atoms with Gasteiger partial charge in [0.05, 0.1) is 12.2 Å². The maximum Gasteiger partial charge on any atom is 0.191 e. The summed E-state index contributed by atoms with van der Waals surface area (Å²) in [6.45, 7) is 6.05. The van der Waals surface area contributed by atoms with Gasteiger partial charge in [-0.15, -0.1) is 11.3 Å². The molecule has 6 heteroatoms. The van der Waals surface area contributed by atoms with E-state index in [1.54, 1.807) is 18.4 Å². The van der Waals surface area contributed by atoms with Crippen LogP contribution < -0.4 is 15.5 Å². The number of hydrogen-bond acceptors (Lipinski definition) is 4. The normalized spacial score (nSPS) is 12.1. The fourth-order valence-corrected chi connectivity index (χ4v) is 3.27. The number of nitrogens with zero attached hydrogens (tertiary/aromatic N) is 3. The van der Waals surface area contributed by atoms with Crippen molar-refractivity contribution in [3.63, 3.8) is 0 Å². The predicted molar refractivity (Wildman–Crippen MR) is 109 cm³/mol. The Labute approximate surface area is 155 Å². The number of thiazole rings is 1. The Morgan fingerprint density at radius 3 is 2.52 bits per heavy atom. The number of nitrogens with one attached hydrogen (secondary N) is 2. The summed E-state index contributed by atoms with van der Waals surface area (Å²) in [7, 11) is 5.81. The van der Waals surface area contributed by atoms with Crippen molar-refractivity contribution in [2.45, 2.75) is 26.8 Å². The number of aliphatic imine (C=N–C) groups is 1. The Morgan fingerprint density at radius 2 is 1.92 bits per heavy atom. The molecule has 0 aliphatic carbocycles. The van der Waals surface area contributed by atoms with E-state index in [4.69, 9.17) is 0 Å². The highest BCUT2D eigenvalue weighted by Crippen LogP contribution is 2.21. The number of rotatable bonds is 7. The maximum absolute atomic E-state index is 4.58. The molecule has 0 spiro atoms. The molecule has 0 amide bonds. The van der Waals surface area contributed by atoms with Gasteiger partial charge in [-0.1, -0.05) is 44.2 Å². The third kappa shape index (κ3) is 6.38. The molecular formula is C19H29N5S. The molecule has 0 aliphatic rings. The second-order valence-corrected chi connectivity index (χ2v) is 7.96. The van der Waals surface area contributed by atoms with Crippen molar-refractivity contribution >= 4 is 22.4 Å². The summed E-state index contributed by atoms with van der Waals surface area (Å²) in [5.74, 6) is 0.806. The largest absolute Gasteiger partial charge is 0.356 e. The van der Waals surface area contributed by atoms with Gasteiger partial charge in [0.1, 0.15) is 0 Å². The molecule has 0 atom stereocenters. The zero-order valence-corrected chi connectivity index (χ0v) is 16.7. The van der Waals surface area contributed by atoms with Crippen LogP contribution in [0.3, 0.4) is 0 Å². The summed E-state index contributed by atoms with van der Waals surface area (Å²) in [5.41, 5.74) is 2.52. The molecule has 2 N–H and O–H groups in total. The van der Waals surface area contributed by atoms with Gasteiger partial charge in [0, 0.05) is 33.1 Å². The van der Waals surface area contributed by atoms with E-state index >= 15 is 0 Å². The average Bonchev–Trinajstić information content (AvgIpc) is 3.05. The van der Waals surface area contributed by atoms with Gasteiger partial charge < -0.3 is 15.5 Å². The lowest BCUT2D eigenvalue weighted by molar-refractivity contribution is 0.359. The van der Waals surface area contributed by atoms with Crippen LogP contribution in [0.4, 0.5) is 5.13 Å². The Hall–Kier alpha value is -2.08. The Bertz CT molecular complexity index is 676. The van der Waals surface area contributed by atoms with Crippen molar-refractivity contribution in [3.05, 3.63) is 47.0 Å². The molecule has 2 aromatic rings. The van der Waals surface area contributed by atoms with Crippen LogP contribution >= 0.6 is 11.3 Å². The van der Waals surface area contributed by atoms with E-state index in [0.29, 0.717) is 6.54 Å². The SMILES string of the molecule is CN=C(NCc1csc(N(C)C)n1)NCC(C)(C)Cc1ccccc1. The summed E-state index contributed by atoms with van der Waals surface area (Å²) in [6.07, 6.45) is 1.02. The van der Waals surface area contributed by atoms with E-state index in [1.165, 1.54) is 5.56 Å².